The van der Waals surface area contributed by atoms with Gasteiger partial charge in [-0.15, -0.1) is 0 Å². The first kappa shape index (κ1) is 25.7. The van der Waals surface area contributed by atoms with Gasteiger partial charge in [0, 0.05) is 14.2 Å². The van der Waals surface area contributed by atoms with Crippen molar-refractivity contribution in [2.24, 2.45) is 5.41 Å². The van der Waals surface area contributed by atoms with Gasteiger partial charge in [0.05, 0.1) is 46.1 Å². The molecule has 0 unspecified atom stereocenters. The third kappa shape index (κ3) is 5.42. The normalized spacial score (nSPS) is 11.9. The molecular formula is C28H34O6. The molecule has 0 aliphatic rings. The van der Waals surface area contributed by atoms with Crippen molar-refractivity contribution in [3.63, 3.8) is 0 Å². The molecule has 182 valence electrons. The standard InChI is InChI=1S/C28H34O6/c1-30-19-27(18-29,20-31-2)21-34-28(22-8-6-5-7-9-22,23-10-14-25(32-3)15-11-23)24-12-16-26(33-4)17-13-24/h5-17,29H,18-21H2,1-4H3. The Hall–Kier alpha value is -2.90. The number of benzene rings is 3. The Morgan fingerprint density at radius 1 is 0.588 bits per heavy atom. The van der Waals surface area contributed by atoms with Crippen LogP contribution in [-0.4, -0.2) is 60.0 Å². The molecule has 0 heterocycles. The minimum Gasteiger partial charge on any atom is -0.497 e. The largest absolute Gasteiger partial charge is 0.497 e. The molecule has 0 aromatic heterocycles. The summed E-state index contributed by atoms with van der Waals surface area (Å²) >= 11 is 0. The lowest BCUT2D eigenvalue weighted by atomic mass is 9.79. The zero-order valence-corrected chi connectivity index (χ0v) is 20.3. The van der Waals surface area contributed by atoms with E-state index in [0.29, 0.717) is 0 Å². The molecule has 34 heavy (non-hydrogen) atoms. The van der Waals surface area contributed by atoms with Crippen LogP contribution in [0.5, 0.6) is 11.5 Å². The summed E-state index contributed by atoms with van der Waals surface area (Å²) in [6.45, 7) is 0.615. The highest BCUT2D eigenvalue weighted by Gasteiger charge is 2.41. The van der Waals surface area contributed by atoms with Gasteiger partial charge in [-0.05, 0) is 41.0 Å². The van der Waals surface area contributed by atoms with E-state index in [-0.39, 0.29) is 26.4 Å². The minimum atomic E-state index is -0.971. The molecular weight excluding hydrogens is 432 g/mol. The monoisotopic (exact) mass is 466 g/mol. The topological polar surface area (TPSA) is 66.4 Å². The highest BCUT2D eigenvalue weighted by molar-refractivity contribution is 5.49. The molecule has 6 heteroatoms. The molecule has 0 amide bonds. The van der Waals surface area contributed by atoms with Gasteiger partial charge in [-0.3, -0.25) is 0 Å². The summed E-state index contributed by atoms with van der Waals surface area (Å²) in [6, 6.07) is 25.7. The molecule has 0 aliphatic carbocycles. The van der Waals surface area contributed by atoms with Crippen LogP contribution in [0.2, 0.25) is 0 Å². The summed E-state index contributed by atoms with van der Waals surface area (Å²) < 4.78 is 28.6. The van der Waals surface area contributed by atoms with E-state index in [9.17, 15) is 5.11 Å². The van der Waals surface area contributed by atoms with E-state index >= 15 is 0 Å². The molecule has 3 aromatic rings. The maximum Gasteiger partial charge on any atom is 0.143 e. The Labute approximate surface area is 202 Å². The molecule has 1 N–H and O–H groups in total. The zero-order chi connectivity index (χ0) is 24.4. The number of methoxy groups -OCH3 is 4. The van der Waals surface area contributed by atoms with E-state index < -0.39 is 11.0 Å². The van der Waals surface area contributed by atoms with Gasteiger partial charge in [-0.1, -0.05) is 54.6 Å². The molecule has 0 fully saturated rings. The summed E-state index contributed by atoms with van der Waals surface area (Å²) in [5.41, 5.74) is 1.09. The number of rotatable bonds is 13. The van der Waals surface area contributed by atoms with Gasteiger partial charge in [-0.25, -0.2) is 0 Å². The Balaban J connectivity index is 2.21. The SMILES string of the molecule is COCC(CO)(COC)COC(c1ccccc1)(c1ccc(OC)cc1)c1ccc(OC)cc1. The number of hydrogen-bond donors (Lipinski definition) is 1. The van der Waals surface area contributed by atoms with Gasteiger partial charge in [0.2, 0.25) is 0 Å². The Bertz CT molecular complexity index is 932. The van der Waals surface area contributed by atoms with Crippen LogP contribution in [0.15, 0.2) is 78.9 Å². The summed E-state index contributed by atoms with van der Waals surface area (Å²) in [5, 5.41) is 10.3. The zero-order valence-electron chi connectivity index (χ0n) is 20.3. The summed E-state index contributed by atoms with van der Waals surface area (Å²) in [7, 11) is 6.50. The van der Waals surface area contributed by atoms with E-state index in [2.05, 4.69) is 0 Å². The van der Waals surface area contributed by atoms with E-state index in [1.165, 1.54) is 0 Å². The van der Waals surface area contributed by atoms with Crippen LogP contribution in [-0.2, 0) is 19.8 Å². The van der Waals surface area contributed by atoms with Crippen molar-refractivity contribution in [3.05, 3.63) is 95.6 Å². The van der Waals surface area contributed by atoms with Crippen LogP contribution in [0.4, 0.5) is 0 Å². The predicted molar refractivity (Wildman–Crippen MR) is 132 cm³/mol. The second-order valence-electron chi connectivity index (χ2n) is 8.32. The van der Waals surface area contributed by atoms with E-state index in [4.69, 9.17) is 23.7 Å². The first-order valence-electron chi connectivity index (χ1n) is 11.1. The van der Waals surface area contributed by atoms with Crippen molar-refractivity contribution in [1.29, 1.82) is 0 Å². The smallest absolute Gasteiger partial charge is 0.143 e. The van der Waals surface area contributed by atoms with Gasteiger partial charge in [-0.2, -0.15) is 0 Å². The van der Waals surface area contributed by atoms with E-state index in [1.54, 1.807) is 28.4 Å². The Morgan fingerprint density at radius 2 is 1.03 bits per heavy atom. The quantitative estimate of drug-likeness (QED) is 0.379. The highest BCUT2D eigenvalue weighted by atomic mass is 16.5. The van der Waals surface area contributed by atoms with Gasteiger partial charge in [0.25, 0.3) is 0 Å². The van der Waals surface area contributed by atoms with Crippen molar-refractivity contribution < 1.29 is 28.8 Å². The van der Waals surface area contributed by atoms with Crippen molar-refractivity contribution in [3.8, 4) is 11.5 Å². The molecule has 0 radical (unpaired) electrons. The van der Waals surface area contributed by atoms with Crippen LogP contribution < -0.4 is 9.47 Å². The van der Waals surface area contributed by atoms with Crippen LogP contribution >= 0.6 is 0 Å². The van der Waals surface area contributed by atoms with Gasteiger partial charge < -0.3 is 28.8 Å². The van der Waals surface area contributed by atoms with E-state index in [1.807, 2.05) is 78.9 Å². The maximum absolute atomic E-state index is 10.3. The average molecular weight is 467 g/mol. The fourth-order valence-corrected chi connectivity index (χ4v) is 4.21. The van der Waals surface area contributed by atoms with Gasteiger partial charge in [0.15, 0.2) is 0 Å². The van der Waals surface area contributed by atoms with Crippen LogP contribution in [0.3, 0.4) is 0 Å². The van der Waals surface area contributed by atoms with Gasteiger partial charge in [0.1, 0.15) is 17.1 Å². The number of hydrogen-bond acceptors (Lipinski definition) is 6. The lowest BCUT2D eigenvalue weighted by Gasteiger charge is -2.40. The number of aliphatic hydroxyl groups excluding tert-OH is 1. The maximum atomic E-state index is 10.3. The van der Waals surface area contributed by atoms with Crippen LogP contribution in [0.25, 0.3) is 0 Å². The molecule has 0 atom stereocenters. The molecule has 3 aromatic carbocycles. The third-order valence-corrected chi connectivity index (χ3v) is 6.00. The lowest BCUT2D eigenvalue weighted by Crippen LogP contribution is -2.44. The van der Waals surface area contributed by atoms with Crippen molar-refractivity contribution in [1.82, 2.24) is 0 Å². The number of aliphatic hydroxyl groups is 1. The minimum absolute atomic E-state index is 0.148. The van der Waals surface area contributed by atoms with Crippen molar-refractivity contribution >= 4 is 0 Å². The molecule has 0 saturated carbocycles. The molecule has 6 nitrogen and oxygen atoms in total. The summed E-state index contributed by atoms with van der Waals surface area (Å²) in [5.74, 6) is 1.51. The fraction of sp³-hybridized carbons (Fsp3) is 0.357. The summed E-state index contributed by atoms with van der Waals surface area (Å²) in [6.07, 6.45) is 0. The molecule has 0 saturated heterocycles. The third-order valence-electron chi connectivity index (χ3n) is 6.00. The summed E-state index contributed by atoms with van der Waals surface area (Å²) in [4.78, 5) is 0. The predicted octanol–water partition coefficient (Wildman–Crippen LogP) is 4.28. The fourth-order valence-electron chi connectivity index (χ4n) is 4.21. The first-order chi connectivity index (χ1) is 16.6. The second kappa shape index (κ2) is 12.0. The molecule has 0 bridgehead atoms. The van der Waals surface area contributed by atoms with Crippen LogP contribution in [0.1, 0.15) is 16.7 Å². The molecule has 0 aliphatic heterocycles. The first-order valence-corrected chi connectivity index (χ1v) is 11.1. The Morgan fingerprint density at radius 3 is 1.41 bits per heavy atom. The van der Waals surface area contributed by atoms with Crippen LogP contribution in [0, 0.1) is 5.41 Å². The van der Waals surface area contributed by atoms with Crippen molar-refractivity contribution in [2.45, 2.75) is 5.60 Å². The van der Waals surface area contributed by atoms with Gasteiger partial charge >= 0.3 is 0 Å². The highest BCUT2D eigenvalue weighted by Crippen LogP contribution is 2.42. The lowest BCUT2D eigenvalue weighted by molar-refractivity contribution is -0.109. The molecule has 0 spiro atoms. The van der Waals surface area contributed by atoms with E-state index in [0.717, 1.165) is 28.2 Å². The number of ether oxygens (including phenoxy) is 5. The Kier molecular flexibility index (Phi) is 9.07. The second-order valence-corrected chi connectivity index (χ2v) is 8.32. The average Bonchev–Trinajstić information content (AvgIpc) is 2.90. The molecule has 3 rings (SSSR count). The van der Waals surface area contributed by atoms with Crippen molar-refractivity contribution in [2.75, 3.05) is 54.9 Å².